The Kier molecular flexibility index (Phi) is 6.90. The van der Waals surface area contributed by atoms with Crippen LogP contribution in [0.25, 0.3) is 10.9 Å². The van der Waals surface area contributed by atoms with Gasteiger partial charge in [-0.2, -0.15) is 0 Å². The van der Waals surface area contributed by atoms with Crippen molar-refractivity contribution in [2.24, 2.45) is 10.9 Å². The Balaban J connectivity index is 1.75. The summed E-state index contributed by atoms with van der Waals surface area (Å²) >= 11 is 0. The number of aromatic nitrogens is 1. The summed E-state index contributed by atoms with van der Waals surface area (Å²) in [4.78, 5) is 25.5. The normalized spacial score (nSPS) is 17.3. The lowest BCUT2D eigenvalue weighted by molar-refractivity contribution is -0.149. The standard InChI is InChI=1S/C22H31N5O2/c1-5-29-21(28)16-9-8-12-27(15-16)22(23-2)24-14-17-13-20(26(3)4)25-19-11-7-6-10-18(17)19/h6-7,10-11,13,16H,5,8-9,12,14-15H2,1-4H3,(H,23,24). The molecule has 0 bridgehead atoms. The first-order valence-electron chi connectivity index (χ1n) is 10.2. The second kappa shape index (κ2) is 9.58. The van der Waals surface area contributed by atoms with Crippen molar-refractivity contribution in [1.82, 2.24) is 15.2 Å². The van der Waals surface area contributed by atoms with Gasteiger partial charge >= 0.3 is 5.97 Å². The van der Waals surface area contributed by atoms with Crippen molar-refractivity contribution in [3.8, 4) is 0 Å². The summed E-state index contributed by atoms with van der Waals surface area (Å²) in [6.07, 6.45) is 1.82. The molecule has 2 heterocycles. The van der Waals surface area contributed by atoms with Crippen molar-refractivity contribution in [1.29, 1.82) is 0 Å². The number of benzene rings is 1. The van der Waals surface area contributed by atoms with Crippen LogP contribution in [-0.4, -0.2) is 62.7 Å². The maximum atomic E-state index is 12.2. The van der Waals surface area contributed by atoms with Crippen LogP contribution in [-0.2, 0) is 16.1 Å². The molecule has 0 aliphatic carbocycles. The van der Waals surface area contributed by atoms with E-state index in [2.05, 4.69) is 27.3 Å². The number of ether oxygens (including phenoxy) is 1. The van der Waals surface area contributed by atoms with E-state index in [0.29, 0.717) is 19.7 Å². The number of nitrogens with one attached hydrogen (secondary N) is 1. The van der Waals surface area contributed by atoms with Crippen molar-refractivity contribution in [3.05, 3.63) is 35.9 Å². The molecule has 0 spiro atoms. The van der Waals surface area contributed by atoms with E-state index in [9.17, 15) is 4.79 Å². The van der Waals surface area contributed by atoms with Gasteiger partial charge < -0.3 is 19.9 Å². The van der Waals surface area contributed by atoms with Crippen molar-refractivity contribution < 1.29 is 9.53 Å². The Hall–Kier alpha value is -2.83. The maximum Gasteiger partial charge on any atom is 0.310 e. The number of hydrogen-bond donors (Lipinski definition) is 1. The van der Waals surface area contributed by atoms with Gasteiger partial charge in [0.2, 0.25) is 0 Å². The van der Waals surface area contributed by atoms with E-state index in [1.807, 2.05) is 44.1 Å². The van der Waals surface area contributed by atoms with E-state index in [0.717, 1.165) is 42.1 Å². The van der Waals surface area contributed by atoms with E-state index < -0.39 is 0 Å². The molecule has 3 rings (SSSR count). The third kappa shape index (κ3) is 4.96. The van der Waals surface area contributed by atoms with Crippen LogP contribution in [0.1, 0.15) is 25.3 Å². The summed E-state index contributed by atoms with van der Waals surface area (Å²) in [6, 6.07) is 10.3. The van der Waals surface area contributed by atoms with E-state index in [1.54, 1.807) is 7.05 Å². The van der Waals surface area contributed by atoms with Crippen LogP contribution in [0.5, 0.6) is 0 Å². The average Bonchev–Trinajstić information content (AvgIpc) is 2.74. The summed E-state index contributed by atoms with van der Waals surface area (Å²) in [7, 11) is 5.78. The number of para-hydroxylation sites is 1. The van der Waals surface area contributed by atoms with Gasteiger partial charge in [-0.1, -0.05) is 18.2 Å². The lowest BCUT2D eigenvalue weighted by Crippen LogP contribution is -2.48. The zero-order valence-electron chi connectivity index (χ0n) is 17.8. The molecule has 2 aromatic rings. The summed E-state index contributed by atoms with van der Waals surface area (Å²) in [5, 5.41) is 4.61. The number of aliphatic imine (C=N–C) groups is 1. The molecule has 1 saturated heterocycles. The van der Waals surface area contributed by atoms with Crippen LogP contribution in [0.3, 0.4) is 0 Å². The number of carbonyl (C=O) groups excluding carboxylic acids is 1. The first-order chi connectivity index (χ1) is 14.0. The number of carbonyl (C=O) groups is 1. The minimum atomic E-state index is -0.108. The molecule has 0 saturated carbocycles. The highest BCUT2D eigenvalue weighted by Gasteiger charge is 2.28. The van der Waals surface area contributed by atoms with Gasteiger partial charge in [0.25, 0.3) is 0 Å². The van der Waals surface area contributed by atoms with Crippen LogP contribution >= 0.6 is 0 Å². The Morgan fingerprint density at radius 2 is 2.17 bits per heavy atom. The van der Waals surface area contributed by atoms with Gasteiger partial charge in [0.15, 0.2) is 5.96 Å². The fourth-order valence-corrected chi connectivity index (χ4v) is 3.74. The van der Waals surface area contributed by atoms with Crippen LogP contribution in [0.15, 0.2) is 35.3 Å². The number of piperidine rings is 1. The van der Waals surface area contributed by atoms with Gasteiger partial charge in [-0.05, 0) is 37.5 Å². The second-order valence-electron chi connectivity index (χ2n) is 7.49. The van der Waals surface area contributed by atoms with E-state index in [1.165, 1.54) is 5.56 Å². The highest BCUT2D eigenvalue weighted by molar-refractivity contribution is 5.85. The van der Waals surface area contributed by atoms with Gasteiger partial charge in [-0.3, -0.25) is 9.79 Å². The summed E-state index contributed by atoms with van der Waals surface area (Å²) < 4.78 is 5.22. The number of guanidine groups is 1. The van der Waals surface area contributed by atoms with Gasteiger partial charge in [-0.25, -0.2) is 4.98 Å². The monoisotopic (exact) mass is 397 g/mol. The SMILES string of the molecule is CCOC(=O)C1CCCN(C(=NC)NCc2cc(N(C)C)nc3ccccc23)C1. The number of esters is 1. The number of rotatable bonds is 5. The van der Waals surface area contributed by atoms with Crippen molar-refractivity contribution >= 4 is 28.6 Å². The molecule has 1 N–H and O–H groups in total. The van der Waals surface area contributed by atoms with E-state index in [-0.39, 0.29) is 11.9 Å². The molecule has 1 atom stereocenters. The topological polar surface area (TPSA) is 70.1 Å². The molecular formula is C22H31N5O2. The summed E-state index contributed by atoms with van der Waals surface area (Å²) in [5.41, 5.74) is 2.14. The lowest BCUT2D eigenvalue weighted by atomic mass is 9.98. The van der Waals surface area contributed by atoms with Gasteiger partial charge in [0.05, 0.1) is 18.0 Å². The molecule has 29 heavy (non-hydrogen) atoms. The van der Waals surface area contributed by atoms with E-state index in [4.69, 9.17) is 9.72 Å². The molecule has 0 amide bonds. The van der Waals surface area contributed by atoms with Crippen LogP contribution < -0.4 is 10.2 Å². The third-order valence-electron chi connectivity index (χ3n) is 5.24. The van der Waals surface area contributed by atoms with Crippen LogP contribution in [0.2, 0.25) is 0 Å². The highest BCUT2D eigenvalue weighted by atomic mass is 16.5. The smallest absolute Gasteiger partial charge is 0.310 e. The molecule has 1 aliphatic rings. The first-order valence-corrected chi connectivity index (χ1v) is 10.2. The third-order valence-corrected chi connectivity index (χ3v) is 5.24. The Labute approximate surface area is 172 Å². The fourth-order valence-electron chi connectivity index (χ4n) is 3.74. The quantitative estimate of drug-likeness (QED) is 0.475. The number of fused-ring (bicyclic) bond motifs is 1. The molecule has 1 unspecified atom stereocenters. The van der Waals surface area contributed by atoms with Crippen molar-refractivity contribution in [2.45, 2.75) is 26.3 Å². The molecule has 7 nitrogen and oxygen atoms in total. The summed E-state index contributed by atoms with van der Waals surface area (Å²) in [5.74, 6) is 1.54. The lowest BCUT2D eigenvalue weighted by Gasteiger charge is -2.34. The number of pyridine rings is 1. The Morgan fingerprint density at radius 1 is 1.38 bits per heavy atom. The molecule has 156 valence electrons. The van der Waals surface area contributed by atoms with Crippen molar-refractivity contribution in [2.75, 3.05) is 45.7 Å². The Morgan fingerprint density at radius 3 is 2.90 bits per heavy atom. The molecule has 1 aromatic carbocycles. The maximum absolute atomic E-state index is 12.2. The largest absolute Gasteiger partial charge is 0.466 e. The molecule has 1 fully saturated rings. The summed E-state index contributed by atoms with van der Waals surface area (Å²) in [6.45, 7) is 4.43. The van der Waals surface area contributed by atoms with Gasteiger partial charge in [0.1, 0.15) is 5.82 Å². The Bertz CT molecular complexity index is 881. The number of likely N-dealkylation sites (tertiary alicyclic amines) is 1. The molecule has 1 aromatic heterocycles. The molecular weight excluding hydrogens is 366 g/mol. The predicted octanol–water partition coefficient (Wildman–Crippen LogP) is 2.65. The van der Waals surface area contributed by atoms with Gasteiger partial charge in [0, 0.05) is 46.2 Å². The number of nitrogens with zero attached hydrogens (tertiary/aromatic N) is 4. The highest BCUT2D eigenvalue weighted by Crippen LogP contribution is 2.22. The predicted molar refractivity (Wildman–Crippen MR) is 117 cm³/mol. The molecule has 1 aliphatic heterocycles. The van der Waals surface area contributed by atoms with E-state index >= 15 is 0 Å². The van der Waals surface area contributed by atoms with Crippen molar-refractivity contribution in [3.63, 3.8) is 0 Å². The fraction of sp³-hybridized carbons (Fsp3) is 0.500. The number of hydrogen-bond acceptors (Lipinski definition) is 5. The average molecular weight is 398 g/mol. The number of anilines is 1. The van der Waals surface area contributed by atoms with Gasteiger partial charge in [-0.15, -0.1) is 0 Å². The zero-order valence-corrected chi connectivity index (χ0v) is 17.8. The minimum absolute atomic E-state index is 0.0932. The molecule has 7 heteroatoms. The minimum Gasteiger partial charge on any atom is -0.466 e. The first kappa shape index (κ1) is 20.9. The molecule has 0 radical (unpaired) electrons. The van der Waals surface area contributed by atoms with Crippen LogP contribution in [0.4, 0.5) is 5.82 Å². The zero-order chi connectivity index (χ0) is 20.8. The van der Waals surface area contributed by atoms with Crippen LogP contribution in [0, 0.1) is 5.92 Å². The second-order valence-corrected chi connectivity index (χ2v) is 7.49.